The maximum absolute atomic E-state index is 3.88. The van der Waals surface area contributed by atoms with Gasteiger partial charge in [0.1, 0.15) is 0 Å². The predicted octanol–water partition coefficient (Wildman–Crippen LogP) is 5.18. The fourth-order valence-corrected chi connectivity index (χ4v) is 4.04. The SMILES string of the molecule is CC(NC1CCC(C)(C)CC1)c1ccc2c(c1)CCCC2. The van der Waals surface area contributed by atoms with Crippen LogP contribution >= 0.6 is 0 Å². The molecule has 0 aromatic heterocycles. The number of aryl methyl sites for hydroxylation is 2. The average Bonchev–Trinajstić information content (AvgIpc) is 2.49. The molecule has 0 aliphatic heterocycles. The van der Waals surface area contributed by atoms with E-state index >= 15 is 0 Å². The van der Waals surface area contributed by atoms with E-state index in [-0.39, 0.29) is 0 Å². The highest BCUT2D eigenvalue weighted by molar-refractivity contribution is 5.35. The molecule has 1 aromatic rings. The van der Waals surface area contributed by atoms with Crippen molar-refractivity contribution in [3.8, 4) is 0 Å². The number of rotatable bonds is 3. The molecule has 21 heavy (non-hydrogen) atoms. The molecular weight excluding hydrogens is 254 g/mol. The molecule has 1 heteroatoms. The fraction of sp³-hybridized carbons (Fsp3) is 0.700. The first-order valence-electron chi connectivity index (χ1n) is 8.91. The summed E-state index contributed by atoms with van der Waals surface area (Å²) in [6, 6.07) is 8.41. The minimum Gasteiger partial charge on any atom is -0.307 e. The van der Waals surface area contributed by atoms with Gasteiger partial charge in [-0.15, -0.1) is 0 Å². The van der Waals surface area contributed by atoms with Crippen LogP contribution in [0.3, 0.4) is 0 Å². The second-order valence-corrected chi connectivity index (χ2v) is 8.06. The van der Waals surface area contributed by atoms with Crippen LogP contribution in [-0.4, -0.2) is 6.04 Å². The summed E-state index contributed by atoms with van der Waals surface area (Å²) in [5, 5.41) is 3.88. The molecule has 0 bridgehead atoms. The lowest BCUT2D eigenvalue weighted by atomic mass is 9.75. The van der Waals surface area contributed by atoms with E-state index in [1.165, 1.54) is 56.9 Å². The van der Waals surface area contributed by atoms with Gasteiger partial charge in [0, 0.05) is 12.1 Å². The van der Waals surface area contributed by atoms with E-state index in [0.717, 1.165) is 0 Å². The molecule has 1 saturated carbocycles. The van der Waals surface area contributed by atoms with E-state index in [1.54, 1.807) is 11.1 Å². The number of nitrogens with one attached hydrogen (secondary N) is 1. The van der Waals surface area contributed by atoms with E-state index in [2.05, 4.69) is 44.3 Å². The van der Waals surface area contributed by atoms with Crippen molar-refractivity contribution in [1.29, 1.82) is 0 Å². The van der Waals surface area contributed by atoms with Gasteiger partial charge < -0.3 is 5.32 Å². The standard InChI is InChI=1S/C20H31N/c1-15(21-19-10-12-20(2,3)13-11-19)17-9-8-16-6-4-5-7-18(16)14-17/h8-9,14-15,19,21H,4-7,10-13H2,1-3H3. The van der Waals surface area contributed by atoms with E-state index < -0.39 is 0 Å². The zero-order valence-corrected chi connectivity index (χ0v) is 14.0. The summed E-state index contributed by atoms with van der Waals surface area (Å²) in [5.74, 6) is 0. The summed E-state index contributed by atoms with van der Waals surface area (Å²) in [7, 11) is 0. The molecule has 0 saturated heterocycles. The third-order valence-corrected chi connectivity index (χ3v) is 5.70. The Morgan fingerprint density at radius 3 is 2.43 bits per heavy atom. The van der Waals surface area contributed by atoms with Crippen molar-refractivity contribution < 1.29 is 0 Å². The van der Waals surface area contributed by atoms with Crippen LogP contribution in [0.25, 0.3) is 0 Å². The maximum atomic E-state index is 3.88. The van der Waals surface area contributed by atoms with Crippen LogP contribution in [0.5, 0.6) is 0 Å². The minimum atomic E-state index is 0.489. The number of fused-ring (bicyclic) bond motifs is 1. The molecule has 1 atom stereocenters. The van der Waals surface area contributed by atoms with Crippen molar-refractivity contribution in [2.45, 2.75) is 84.2 Å². The van der Waals surface area contributed by atoms with Gasteiger partial charge in [0.05, 0.1) is 0 Å². The lowest BCUT2D eigenvalue weighted by Crippen LogP contribution is -2.37. The van der Waals surface area contributed by atoms with Crippen LogP contribution in [0.4, 0.5) is 0 Å². The highest BCUT2D eigenvalue weighted by atomic mass is 14.9. The molecule has 0 radical (unpaired) electrons. The Bertz CT molecular complexity index is 479. The van der Waals surface area contributed by atoms with Gasteiger partial charge in [-0.2, -0.15) is 0 Å². The number of benzene rings is 1. The lowest BCUT2D eigenvalue weighted by Gasteiger charge is -2.36. The Balaban J connectivity index is 1.62. The first kappa shape index (κ1) is 15.1. The monoisotopic (exact) mass is 285 g/mol. The quantitative estimate of drug-likeness (QED) is 0.806. The zero-order chi connectivity index (χ0) is 14.9. The van der Waals surface area contributed by atoms with Crippen LogP contribution < -0.4 is 5.32 Å². The Hall–Kier alpha value is -0.820. The zero-order valence-electron chi connectivity index (χ0n) is 14.0. The fourth-order valence-electron chi connectivity index (χ4n) is 4.04. The summed E-state index contributed by atoms with van der Waals surface area (Å²) in [6.07, 6.45) is 10.7. The molecule has 1 aromatic carbocycles. The summed E-state index contributed by atoms with van der Waals surface area (Å²) in [4.78, 5) is 0. The molecule has 1 N–H and O–H groups in total. The van der Waals surface area contributed by atoms with Gasteiger partial charge in [-0.05, 0) is 80.4 Å². The van der Waals surface area contributed by atoms with E-state index in [0.29, 0.717) is 17.5 Å². The molecule has 0 spiro atoms. The molecule has 1 nitrogen and oxygen atoms in total. The Morgan fingerprint density at radius 2 is 1.71 bits per heavy atom. The van der Waals surface area contributed by atoms with Crippen molar-refractivity contribution in [2.75, 3.05) is 0 Å². The number of hydrogen-bond donors (Lipinski definition) is 1. The van der Waals surface area contributed by atoms with Gasteiger partial charge in [0.15, 0.2) is 0 Å². The van der Waals surface area contributed by atoms with Crippen LogP contribution in [-0.2, 0) is 12.8 Å². The highest BCUT2D eigenvalue weighted by Crippen LogP contribution is 2.36. The third kappa shape index (κ3) is 3.69. The normalized spacial score (nSPS) is 23.6. The summed E-state index contributed by atoms with van der Waals surface area (Å²) in [6.45, 7) is 7.16. The van der Waals surface area contributed by atoms with Crippen molar-refractivity contribution in [3.63, 3.8) is 0 Å². The largest absolute Gasteiger partial charge is 0.307 e. The topological polar surface area (TPSA) is 12.0 Å². The molecule has 2 aliphatic rings. The van der Waals surface area contributed by atoms with Gasteiger partial charge >= 0.3 is 0 Å². The summed E-state index contributed by atoms with van der Waals surface area (Å²) >= 11 is 0. The Kier molecular flexibility index (Phi) is 4.40. The van der Waals surface area contributed by atoms with Crippen LogP contribution in [0, 0.1) is 5.41 Å². The van der Waals surface area contributed by atoms with Crippen molar-refractivity contribution in [1.82, 2.24) is 5.32 Å². The maximum Gasteiger partial charge on any atom is 0.0294 e. The molecule has 1 fully saturated rings. The molecule has 3 rings (SSSR count). The smallest absolute Gasteiger partial charge is 0.0294 e. The van der Waals surface area contributed by atoms with Gasteiger partial charge in [-0.25, -0.2) is 0 Å². The average molecular weight is 285 g/mol. The summed E-state index contributed by atoms with van der Waals surface area (Å²) in [5.41, 5.74) is 5.25. The first-order chi connectivity index (χ1) is 10.0. The molecule has 2 aliphatic carbocycles. The molecular formula is C20H31N. The molecule has 1 unspecified atom stereocenters. The highest BCUT2D eigenvalue weighted by Gasteiger charge is 2.27. The van der Waals surface area contributed by atoms with Crippen LogP contribution in [0.2, 0.25) is 0 Å². The Labute approximate surface area is 130 Å². The van der Waals surface area contributed by atoms with Crippen molar-refractivity contribution in [2.24, 2.45) is 5.41 Å². The van der Waals surface area contributed by atoms with E-state index in [1.807, 2.05) is 0 Å². The van der Waals surface area contributed by atoms with E-state index in [4.69, 9.17) is 0 Å². The molecule has 116 valence electrons. The van der Waals surface area contributed by atoms with Gasteiger partial charge in [0.2, 0.25) is 0 Å². The second-order valence-electron chi connectivity index (χ2n) is 8.06. The van der Waals surface area contributed by atoms with Crippen molar-refractivity contribution in [3.05, 3.63) is 34.9 Å². The van der Waals surface area contributed by atoms with E-state index in [9.17, 15) is 0 Å². The summed E-state index contributed by atoms with van der Waals surface area (Å²) < 4.78 is 0. The van der Waals surface area contributed by atoms with Gasteiger partial charge in [0.25, 0.3) is 0 Å². The minimum absolute atomic E-state index is 0.489. The molecule has 0 heterocycles. The van der Waals surface area contributed by atoms with Crippen LogP contribution in [0.15, 0.2) is 18.2 Å². The predicted molar refractivity (Wildman–Crippen MR) is 90.7 cm³/mol. The number of hydrogen-bond acceptors (Lipinski definition) is 1. The molecule has 0 amide bonds. The van der Waals surface area contributed by atoms with Gasteiger partial charge in [-0.3, -0.25) is 0 Å². The van der Waals surface area contributed by atoms with Crippen molar-refractivity contribution >= 4 is 0 Å². The lowest BCUT2D eigenvalue weighted by molar-refractivity contribution is 0.200. The van der Waals surface area contributed by atoms with Crippen LogP contribution in [0.1, 0.15) is 82.0 Å². The first-order valence-corrected chi connectivity index (χ1v) is 8.91. The third-order valence-electron chi connectivity index (χ3n) is 5.70. The Morgan fingerprint density at radius 1 is 1.05 bits per heavy atom. The van der Waals surface area contributed by atoms with Gasteiger partial charge in [-0.1, -0.05) is 32.0 Å². The second kappa shape index (κ2) is 6.12.